The number of hydrogen-bond donors (Lipinski definition) is 1. The van der Waals surface area contributed by atoms with Gasteiger partial charge in [0.15, 0.2) is 5.82 Å². The van der Waals surface area contributed by atoms with E-state index in [2.05, 4.69) is 33.7 Å². The predicted molar refractivity (Wildman–Crippen MR) is 65.0 cm³/mol. The fourth-order valence-corrected chi connectivity index (χ4v) is 2.30. The van der Waals surface area contributed by atoms with Crippen molar-refractivity contribution in [2.24, 2.45) is 0 Å². The van der Waals surface area contributed by atoms with Crippen molar-refractivity contribution in [3.05, 3.63) is 47.1 Å². The van der Waals surface area contributed by atoms with Crippen molar-refractivity contribution in [2.45, 2.75) is 19.1 Å². The van der Waals surface area contributed by atoms with E-state index in [1.165, 1.54) is 11.1 Å². The van der Waals surface area contributed by atoms with Crippen molar-refractivity contribution >= 4 is 0 Å². The van der Waals surface area contributed by atoms with Gasteiger partial charge in [-0.25, -0.2) is 0 Å². The molecule has 1 aromatic heterocycles. The van der Waals surface area contributed by atoms with Gasteiger partial charge in [-0.3, -0.25) is 0 Å². The Morgan fingerprint density at radius 3 is 3.22 bits per heavy atom. The third-order valence-corrected chi connectivity index (χ3v) is 3.11. The lowest BCUT2D eigenvalue weighted by Gasteiger charge is -2.23. The standard InChI is InChI=1S/C13H15N3O2/c1-17-8-11-15-13(18-16-11)12-10-5-3-2-4-9(10)6-7-14-12/h2-5,12,14H,6-8H2,1H3. The van der Waals surface area contributed by atoms with Gasteiger partial charge < -0.3 is 14.6 Å². The molecule has 0 radical (unpaired) electrons. The van der Waals surface area contributed by atoms with Crippen LogP contribution in [0.25, 0.3) is 0 Å². The Balaban J connectivity index is 1.92. The molecule has 1 atom stereocenters. The van der Waals surface area contributed by atoms with Gasteiger partial charge in [-0.1, -0.05) is 29.4 Å². The SMILES string of the molecule is COCc1noc(C2NCCc3ccccc32)n1. The van der Waals surface area contributed by atoms with Gasteiger partial charge in [-0.15, -0.1) is 0 Å². The summed E-state index contributed by atoms with van der Waals surface area (Å²) in [7, 11) is 1.62. The Kier molecular flexibility index (Phi) is 3.08. The summed E-state index contributed by atoms with van der Waals surface area (Å²) >= 11 is 0. The fourth-order valence-electron chi connectivity index (χ4n) is 2.30. The maximum absolute atomic E-state index is 5.31. The Morgan fingerprint density at radius 1 is 1.44 bits per heavy atom. The molecule has 2 heterocycles. The van der Waals surface area contributed by atoms with E-state index in [-0.39, 0.29) is 6.04 Å². The number of aromatic nitrogens is 2. The van der Waals surface area contributed by atoms with E-state index < -0.39 is 0 Å². The van der Waals surface area contributed by atoms with Crippen LogP contribution in [0.2, 0.25) is 0 Å². The molecule has 0 amide bonds. The molecule has 1 aliphatic rings. The molecule has 1 aromatic carbocycles. The van der Waals surface area contributed by atoms with Gasteiger partial charge in [0.25, 0.3) is 0 Å². The van der Waals surface area contributed by atoms with Crippen molar-refractivity contribution in [3.8, 4) is 0 Å². The molecule has 0 saturated heterocycles. The van der Waals surface area contributed by atoms with Crippen LogP contribution in [0.15, 0.2) is 28.8 Å². The third-order valence-electron chi connectivity index (χ3n) is 3.11. The summed E-state index contributed by atoms with van der Waals surface area (Å²) in [5.74, 6) is 1.19. The molecular formula is C13H15N3O2. The van der Waals surface area contributed by atoms with Crippen LogP contribution in [0.5, 0.6) is 0 Å². The van der Waals surface area contributed by atoms with E-state index in [4.69, 9.17) is 9.26 Å². The first-order chi connectivity index (χ1) is 8.88. The quantitative estimate of drug-likeness (QED) is 0.887. The van der Waals surface area contributed by atoms with Crippen molar-refractivity contribution in [2.75, 3.05) is 13.7 Å². The summed E-state index contributed by atoms with van der Waals surface area (Å²) in [6.45, 7) is 1.29. The number of methoxy groups -OCH3 is 1. The van der Waals surface area contributed by atoms with Gasteiger partial charge in [0.1, 0.15) is 12.6 Å². The van der Waals surface area contributed by atoms with Crippen LogP contribution in [0.1, 0.15) is 28.9 Å². The third kappa shape index (κ3) is 2.02. The predicted octanol–water partition coefficient (Wildman–Crippen LogP) is 1.45. The second kappa shape index (κ2) is 4.88. The van der Waals surface area contributed by atoms with E-state index in [9.17, 15) is 0 Å². The summed E-state index contributed by atoms with van der Waals surface area (Å²) in [4.78, 5) is 4.36. The van der Waals surface area contributed by atoms with Crippen LogP contribution in [0, 0.1) is 0 Å². The van der Waals surface area contributed by atoms with Gasteiger partial charge in [0, 0.05) is 13.7 Å². The van der Waals surface area contributed by atoms with Gasteiger partial charge >= 0.3 is 0 Å². The second-order valence-corrected chi connectivity index (χ2v) is 4.32. The molecule has 94 valence electrons. The van der Waals surface area contributed by atoms with Crippen LogP contribution in [-0.2, 0) is 17.8 Å². The van der Waals surface area contributed by atoms with Gasteiger partial charge in [-0.05, 0) is 17.5 Å². The van der Waals surface area contributed by atoms with Crippen LogP contribution >= 0.6 is 0 Å². The molecule has 2 aromatic rings. The molecule has 0 saturated carbocycles. The molecule has 0 aliphatic carbocycles. The lowest BCUT2D eigenvalue weighted by atomic mass is 9.94. The number of nitrogens with zero attached hydrogens (tertiary/aromatic N) is 2. The van der Waals surface area contributed by atoms with E-state index in [1.807, 2.05) is 6.07 Å². The zero-order chi connectivity index (χ0) is 12.4. The minimum absolute atomic E-state index is 0.00643. The highest BCUT2D eigenvalue weighted by atomic mass is 16.5. The molecular weight excluding hydrogens is 230 g/mol. The van der Waals surface area contributed by atoms with Crippen molar-refractivity contribution in [1.82, 2.24) is 15.5 Å². The van der Waals surface area contributed by atoms with Gasteiger partial charge in [0.05, 0.1) is 0 Å². The lowest BCUT2D eigenvalue weighted by Crippen LogP contribution is -2.30. The number of benzene rings is 1. The highest BCUT2D eigenvalue weighted by Crippen LogP contribution is 2.27. The molecule has 5 heteroatoms. The smallest absolute Gasteiger partial charge is 0.248 e. The highest BCUT2D eigenvalue weighted by Gasteiger charge is 2.25. The lowest BCUT2D eigenvalue weighted by molar-refractivity contribution is 0.174. The van der Waals surface area contributed by atoms with Crippen LogP contribution in [0.3, 0.4) is 0 Å². The molecule has 0 fully saturated rings. The topological polar surface area (TPSA) is 60.2 Å². The van der Waals surface area contributed by atoms with E-state index in [1.54, 1.807) is 7.11 Å². The normalized spacial score (nSPS) is 18.6. The van der Waals surface area contributed by atoms with Crippen LogP contribution in [-0.4, -0.2) is 23.8 Å². The summed E-state index contributed by atoms with van der Waals surface area (Å²) in [5, 5.41) is 7.31. The Hall–Kier alpha value is -1.72. The van der Waals surface area contributed by atoms with Gasteiger partial charge in [0.2, 0.25) is 5.89 Å². The number of hydrogen-bond acceptors (Lipinski definition) is 5. The molecule has 0 bridgehead atoms. The van der Waals surface area contributed by atoms with Crippen molar-refractivity contribution in [3.63, 3.8) is 0 Å². The second-order valence-electron chi connectivity index (χ2n) is 4.32. The fraction of sp³-hybridized carbons (Fsp3) is 0.385. The van der Waals surface area contributed by atoms with Crippen LogP contribution < -0.4 is 5.32 Å². The first-order valence-corrected chi connectivity index (χ1v) is 6.01. The molecule has 1 aliphatic heterocycles. The Bertz CT molecular complexity index is 539. The summed E-state index contributed by atoms with van der Waals surface area (Å²) in [5.41, 5.74) is 2.56. The van der Waals surface area contributed by atoms with E-state index in [0.29, 0.717) is 18.3 Å². The zero-order valence-corrected chi connectivity index (χ0v) is 10.2. The molecule has 18 heavy (non-hydrogen) atoms. The number of rotatable bonds is 3. The summed E-state index contributed by atoms with van der Waals surface area (Å²) < 4.78 is 10.3. The number of fused-ring (bicyclic) bond motifs is 1. The number of nitrogens with one attached hydrogen (secondary N) is 1. The highest BCUT2D eigenvalue weighted by molar-refractivity contribution is 5.35. The number of ether oxygens (including phenoxy) is 1. The van der Waals surface area contributed by atoms with E-state index >= 15 is 0 Å². The van der Waals surface area contributed by atoms with Crippen molar-refractivity contribution < 1.29 is 9.26 Å². The monoisotopic (exact) mass is 245 g/mol. The van der Waals surface area contributed by atoms with Crippen LogP contribution in [0.4, 0.5) is 0 Å². The minimum atomic E-state index is -0.00643. The van der Waals surface area contributed by atoms with Gasteiger partial charge in [-0.2, -0.15) is 4.98 Å². The first-order valence-electron chi connectivity index (χ1n) is 6.01. The molecule has 3 rings (SSSR count). The molecule has 5 nitrogen and oxygen atoms in total. The maximum atomic E-state index is 5.31. The van der Waals surface area contributed by atoms with E-state index in [0.717, 1.165) is 13.0 Å². The first kappa shape index (κ1) is 11.4. The molecule has 1 N–H and O–H groups in total. The molecule has 0 spiro atoms. The Morgan fingerprint density at radius 2 is 2.33 bits per heavy atom. The summed E-state index contributed by atoms with van der Waals surface area (Å²) in [6.07, 6.45) is 1.03. The maximum Gasteiger partial charge on any atom is 0.248 e. The zero-order valence-electron chi connectivity index (χ0n) is 10.2. The molecule has 1 unspecified atom stereocenters. The average molecular weight is 245 g/mol. The average Bonchev–Trinajstić information content (AvgIpc) is 2.87. The van der Waals surface area contributed by atoms with Crippen molar-refractivity contribution in [1.29, 1.82) is 0 Å². The summed E-state index contributed by atoms with van der Waals surface area (Å²) in [6, 6.07) is 8.34. The Labute approximate surface area is 105 Å². The minimum Gasteiger partial charge on any atom is -0.377 e. The largest absolute Gasteiger partial charge is 0.377 e.